The summed E-state index contributed by atoms with van der Waals surface area (Å²) >= 11 is 0. The Hall–Kier alpha value is -5.56. The summed E-state index contributed by atoms with van der Waals surface area (Å²) in [7, 11) is 0. The van der Waals surface area contributed by atoms with E-state index in [-0.39, 0.29) is 63.9 Å². The number of nitrogens with zero attached hydrogens (tertiary/aromatic N) is 2. The molecule has 4 aliphatic rings. The minimum absolute atomic E-state index is 0.0521. The first-order chi connectivity index (χ1) is 30.4. The lowest BCUT2D eigenvalue weighted by Gasteiger charge is -2.59. The lowest BCUT2D eigenvalue weighted by Crippen LogP contribution is -2.70. The highest BCUT2D eigenvalue weighted by atomic mass is 16.7. The van der Waals surface area contributed by atoms with Crippen LogP contribution in [0.4, 0.5) is 4.79 Å². The van der Waals surface area contributed by atoms with Gasteiger partial charge in [0.15, 0.2) is 11.5 Å². The average Bonchev–Trinajstić information content (AvgIpc) is 3.76. The highest BCUT2D eigenvalue weighted by Crippen LogP contribution is 2.62. The van der Waals surface area contributed by atoms with Gasteiger partial charge in [-0.1, -0.05) is 66.5 Å². The summed E-state index contributed by atoms with van der Waals surface area (Å²) in [6.07, 6.45) is 8.38. The van der Waals surface area contributed by atoms with Crippen molar-refractivity contribution in [3.63, 3.8) is 0 Å². The van der Waals surface area contributed by atoms with Gasteiger partial charge in [0.05, 0.1) is 24.8 Å². The third-order valence-electron chi connectivity index (χ3n) is 12.6. The van der Waals surface area contributed by atoms with E-state index in [0.717, 1.165) is 53.2 Å². The molecule has 0 saturated heterocycles. The molecule has 0 bridgehead atoms. The molecule has 1 saturated carbocycles. The molecular formula is C50H58N2O10. The first-order valence-corrected chi connectivity index (χ1v) is 22.1. The molecule has 4 aromatic carbocycles. The van der Waals surface area contributed by atoms with Crippen LogP contribution in [-0.4, -0.2) is 78.6 Å². The number of allylic oxidation sites excluding steroid dienone is 1. The van der Waals surface area contributed by atoms with Crippen LogP contribution in [0.3, 0.4) is 0 Å². The zero-order chi connectivity index (χ0) is 43.1. The number of oxime groups is 1. The molecular weight excluding hydrogens is 789 g/mol. The van der Waals surface area contributed by atoms with Crippen molar-refractivity contribution in [2.75, 3.05) is 39.8 Å². The normalized spacial score (nSPS) is 23.8. The second-order valence-corrected chi connectivity index (χ2v) is 16.3. The molecule has 1 fully saturated rings. The van der Waals surface area contributed by atoms with Crippen LogP contribution in [0.2, 0.25) is 0 Å². The molecule has 2 heterocycles. The number of carbonyl (C=O) groups excluding carboxylic acids is 1. The van der Waals surface area contributed by atoms with E-state index in [2.05, 4.69) is 36.9 Å². The van der Waals surface area contributed by atoms with Gasteiger partial charge in [-0.15, -0.1) is 6.58 Å². The Morgan fingerprint density at radius 3 is 2.44 bits per heavy atom. The van der Waals surface area contributed by atoms with Gasteiger partial charge in [0.2, 0.25) is 12.6 Å². The summed E-state index contributed by atoms with van der Waals surface area (Å²) in [6, 6.07) is 25.2. The second-order valence-electron chi connectivity index (χ2n) is 16.3. The molecule has 4 aromatic rings. The highest BCUT2D eigenvalue weighted by Gasteiger charge is 2.65. The van der Waals surface area contributed by atoms with E-state index in [0.29, 0.717) is 53.9 Å². The van der Waals surface area contributed by atoms with Gasteiger partial charge in [-0.2, -0.15) is 0 Å². The summed E-state index contributed by atoms with van der Waals surface area (Å²) in [6.45, 7) is 8.86. The first-order valence-electron chi connectivity index (χ1n) is 22.1. The number of ether oxygens (including phenoxy) is 6. The predicted octanol–water partition coefficient (Wildman–Crippen LogP) is 9.67. The average molecular weight is 847 g/mol. The third-order valence-corrected chi connectivity index (χ3v) is 12.6. The zero-order valence-electron chi connectivity index (χ0n) is 35.7. The number of aliphatic hydroxyl groups excluding tert-OH is 2. The molecule has 0 unspecified atom stereocenters. The van der Waals surface area contributed by atoms with Gasteiger partial charge in [0, 0.05) is 37.7 Å². The number of aliphatic hydroxyl groups is 2. The SMILES string of the molecule is C=CCO[C@@]12Oc3ccc(Oc4ccc5ccccc5c4)cc3[C@H]3[C@H](CCCCO)[C@@H](CCCCO)C=C(C(=NOCC)C[C@@H]1N(Cc1ccc4c(c1)OCO4)C(=O)OCC)[C@H]32. The monoisotopic (exact) mass is 846 g/mol. The van der Waals surface area contributed by atoms with Crippen molar-refractivity contribution in [1.29, 1.82) is 0 Å². The quantitative estimate of drug-likeness (QED) is 0.0533. The Labute approximate surface area is 363 Å². The molecule has 8 rings (SSSR count). The van der Waals surface area contributed by atoms with E-state index in [4.69, 9.17) is 38.4 Å². The Morgan fingerprint density at radius 2 is 1.65 bits per heavy atom. The lowest BCUT2D eigenvalue weighted by atomic mass is 9.55. The molecule has 0 spiro atoms. The van der Waals surface area contributed by atoms with Crippen molar-refractivity contribution < 1.29 is 48.3 Å². The van der Waals surface area contributed by atoms with E-state index < -0.39 is 23.8 Å². The maximum atomic E-state index is 14.5. The fraction of sp³-hybridized carbons (Fsp3) is 0.440. The van der Waals surface area contributed by atoms with E-state index in [1.54, 1.807) is 17.9 Å². The molecule has 0 aromatic heterocycles. The van der Waals surface area contributed by atoms with Crippen molar-refractivity contribution in [2.45, 2.75) is 83.1 Å². The Kier molecular flexibility index (Phi) is 13.7. The number of carbonyl (C=O) groups is 1. The van der Waals surface area contributed by atoms with Crippen LogP contribution >= 0.6 is 0 Å². The summed E-state index contributed by atoms with van der Waals surface area (Å²) in [5.41, 5.74) is 3.44. The predicted molar refractivity (Wildman–Crippen MR) is 236 cm³/mol. The molecule has 12 nitrogen and oxygen atoms in total. The number of unbranched alkanes of at least 4 members (excludes halogenated alkanes) is 2. The summed E-state index contributed by atoms with van der Waals surface area (Å²) < 4.78 is 38.3. The zero-order valence-corrected chi connectivity index (χ0v) is 35.7. The highest BCUT2D eigenvalue weighted by molar-refractivity contribution is 6.03. The number of benzene rings is 4. The van der Waals surface area contributed by atoms with Crippen LogP contribution in [0.15, 0.2) is 108 Å². The van der Waals surface area contributed by atoms with Gasteiger partial charge in [-0.3, -0.25) is 4.90 Å². The van der Waals surface area contributed by atoms with Gasteiger partial charge in [-0.25, -0.2) is 4.79 Å². The largest absolute Gasteiger partial charge is 0.459 e. The standard InChI is InChI=1S/C50H58N2O10/c1-4-25-59-50-46(52(49(55)56-5-2)31-33-17-21-44-45(26-33)58-32-57-44)30-42(51-60-6-3)40-28-36(15-9-11-23-53)39(16-10-12-24-54)47(48(40)50)41-29-38(20-22-43(41)62-50)61-37-19-18-34-13-7-8-14-35(34)27-37/h4,7-8,13-14,17-22,26-29,36,39,46-48,53-54H,1,5-6,9-12,15-16,23-25,30-32H2,2-3H3/t36-,39+,46-,47+,48+,50+/m0/s1. The van der Waals surface area contributed by atoms with E-state index in [1.807, 2.05) is 61.5 Å². The number of amides is 1. The minimum atomic E-state index is -1.45. The molecule has 2 N–H and O–H groups in total. The minimum Gasteiger partial charge on any atom is -0.459 e. The molecule has 2 aliphatic heterocycles. The summed E-state index contributed by atoms with van der Waals surface area (Å²) in [4.78, 5) is 22.1. The van der Waals surface area contributed by atoms with Crippen molar-refractivity contribution in [3.05, 3.63) is 114 Å². The van der Waals surface area contributed by atoms with Gasteiger partial charge in [0.25, 0.3) is 0 Å². The van der Waals surface area contributed by atoms with E-state index in [9.17, 15) is 15.0 Å². The second kappa shape index (κ2) is 19.7. The van der Waals surface area contributed by atoms with Gasteiger partial charge < -0.3 is 43.5 Å². The van der Waals surface area contributed by atoms with Crippen LogP contribution in [0, 0.1) is 17.8 Å². The summed E-state index contributed by atoms with van der Waals surface area (Å²) in [5.74, 6) is 1.25. The maximum absolute atomic E-state index is 14.5. The Balaban J connectivity index is 1.31. The molecule has 328 valence electrons. The smallest absolute Gasteiger partial charge is 0.410 e. The van der Waals surface area contributed by atoms with Crippen LogP contribution < -0.4 is 18.9 Å². The Bertz CT molecular complexity index is 2280. The summed E-state index contributed by atoms with van der Waals surface area (Å²) in [5, 5.41) is 26.9. The van der Waals surface area contributed by atoms with Crippen molar-refractivity contribution in [3.8, 4) is 28.7 Å². The number of hydrogen-bond acceptors (Lipinski definition) is 11. The topological polar surface area (TPSA) is 138 Å². The maximum Gasteiger partial charge on any atom is 0.410 e. The van der Waals surface area contributed by atoms with Crippen molar-refractivity contribution >= 4 is 22.6 Å². The number of rotatable bonds is 19. The molecule has 6 atom stereocenters. The van der Waals surface area contributed by atoms with Crippen LogP contribution in [0.5, 0.6) is 28.7 Å². The molecule has 2 aliphatic carbocycles. The van der Waals surface area contributed by atoms with E-state index >= 15 is 0 Å². The Morgan fingerprint density at radius 1 is 0.887 bits per heavy atom. The van der Waals surface area contributed by atoms with Crippen molar-refractivity contribution in [1.82, 2.24) is 4.90 Å². The number of hydrogen-bond donors (Lipinski definition) is 2. The molecule has 12 heteroatoms. The lowest BCUT2D eigenvalue weighted by molar-refractivity contribution is -0.256. The van der Waals surface area contributed by atoms with Crippen LogP contribution in [0.1, 0.15) is 75.8 Å². The number of fused-ring (bicyclic) bond motifs is 4. The van der Waals surface area contributed by atoms with Crippen LogP contribution in [0.25, 0.3) is 10.8 Å². The first kappa shape index (κ1) is 43.1. The van der Waals surface area contributed by atoms with Gasteiger partial charge in [-0.05, 0) is 116 Å². The fourth-order valence-electron chi connectivity index (χ4n) is 9.97. The molecule has 0 radical (unpaired) electrons. The van der Waals surface area contributed by atoms with Crippen LogP contribution in [-0.2, 0) is 20.9 Å². The van der Waals surface area contributed by atoms with Crippen molar-refractivity contribution in [2.24, 2.45) is 22.9 Å². The third kappa shape index (κ3) is 8.73. The molecule has 1 amide bonds. The molecule has 62 heavy (non-hydrogen) atoms. The van der Waals surface area contributed by atoms with E-state index in [1.165, 1.54) is 0 Å². The van der Waals surface area contributed by atoms with Gasteiger partial charge >= 0.3 is 6.09 Å². The van der Waals surface area contributed by atoms with Gasteiger partial charge in [0.1, 0.15) is 29.9 Å². The fourth-order valence-corrected chi connectivity index (χ4v) is 9.97.